The third kappa shape index (κ3) is 4.07. The summed E-state index contributed by atoms with van der Waals surface area (Å²) in [6, 6.07) is 10.6. The molecule has 4 heteroatoms. The normalized spacial score (nSPS) is 11.1. The van der Waals surface area contributed by atoms with Gasteiger partial charge in [-0.3, -0.25) is 0 Å². The van der Waals surface area contributed by atoms with Crippen LogP contribution in [-0.4, -0.2) is 22.8 Å². The quantitative estimate of drug-likeness (QED) is 0.485. The number of benzene rings is 2. The Hall–Kier alpha value is -2.33. The first-order chi connectivity index (χ1) is 10.2. The van der Waals surface area contributed by atoms with Crippen LogP contribution in [0.2, 0.25) is 0 Å². The molecule has 0 spiro atoms. The third-order valence-electron chi connectivity index (χ3n) is 3.13. The molecule has 4 nitrogen and oxygen atoms in total. The van der Waals surface area contributed by atoms with E-state index in [0.717, 1.165) is 30.0 Å². The third-order valence-corrected chi connectivity index (χ3v) is 3.13. The van der Waals surface area contributed by atoms with Crippen LogP contribution in [0.25, 0.3) is 10.8 Å². The van der Waals surface area contributed by atoms with Crippen molar-refractivity contribution < 1.29 is 19.7 Å². The zero-order chi connectivity index (χ0) is 15.1. The standard InChI is InChI=1S/C17H18O4/c18-9-5-1-2-6-10-21-17(20)15-11-13-7-3-4-8-14(13)12-16(15)19/h3-4,6-8,10-12,18-19H,1-2,5,9H2. The van der Waals surface area contributed by atoms with Crippen molar-refractivity contribution in [1.29, 1.82) is 0 Å². The Balaban J connectivity index is 2.03. The van der Waals surface area contributed by atoms with Gasteiger partial charge in [-0.1, -0.05) is 24.3 Å². The summed E-state index contributed by atoms with van der Waals surface area (Å²) in [7, 11) is 0. The fourth-order valence-electron chi connectivity index (χ4n) is 2.01. The minimum atomic E-state index is -0.586. The first kappa shape index (κ1) is 15.1. The van der Waals surface area contributed by atoms with Crippen LogP contribution in [0.4, 0.5) is 0 Å². The molecule has 0 saturated carbocycles. The van der Waals surface area contributed by atoms with Gasteiger partial charge < -0.3 is 14.9 Å². The van der Waals surface area contributed by atoms with Gasteiger partial charge in [-0.2, -0.15) is 0 Å². The second kappa shape index (κ2) is 7.45. The molecule has 0 unspecified atom stereocenters. The van der Waals surface area contributed by atoms with Gasteiger partial charge in [-0.25, -0.2) is 4.79 Å². The number of carbonyl (C=O) groups excluding carboxylic acids is 1. The number of aliphatic hydroxyl groups excluding tert-OH is 1. The second-order valence-electron chi connectivity index (χ2n) is 4.71. The summed E-state index contributed by atoms with van der Waals surface area (Å²) in [4.78, 5) is 11.9. The van der Waals surface area contributed by atoms with Crippen molar-refractivity contribution in [3.05, 3.63) is 54.3 Å². The van der Waals surface area contributed by atoms with Crippen LogP contribution < -0.4 is 0 Å². The van der Waals surface area contributed by atoms with Crippen LogP contribution in [0.1, 0.15) is 29.6 Å². The van der Waals surface area contributed by atoms with Crippen molar-refractivity contribution in [2.24, 2.45) is 0 Å². The molecule has 0 heterocycles. The van der Waals surface area contributed by atoms with Gasteiger partial charge in [0.15, 0.2) is 0 Å². The van der Waals surface area contributed by atoms with E-state index in [1.807, 2.05) is 24.3 Å². The molecule has 0 atom stereocenters. The Kier molecular flexibility index (Phi) is 5.35. The number of esters is 1. The highest BCUT2D eigenvalue weighted by atomic mass is 16.5. The SMILES string of the molecule is O=C(OC=CCCCCO)c1cc2ccccc2cc1O. The van der Waals surface area contributed by atoms with Gasteiger partial charge in [0.25, 0.3) is 0 Å². The predicted molar refractivity (Wildman–Crippen MR) is 81.1 cm³/mol. The van der Waals surface area contributed by atoms with Crippen LogP contribution in [0.3, 0.4) is 0 Å². The van der Waals surface area contributed by atoms with Crippen LogP contribution in [0.15, 0.2) is 48.7 Å². The molecule has 2 N–H and O–H groups in total. The average molecular weight is 286 g/mol. The van der Waals surface area contributed by atoms with Crippen molar-refractivity contribution in [3.8, 4) is 5.75 Å². The maximum absolute atomic E-state index is 11.9. The van der Waals surface area contributed by atoms with E-state index in [9.17, 15) is 9.90 Å². The van der Waals surface area contributed by atoms with E-state index in [-0.39, 0.29) is 17.9 Å². The summed E-state index contributed by atoms with van der Waals surface area (Å²) in [6.07, 6.45) is 5.35. The molecule has 110 valence electrons. The lowest BCUT2D eigenvalue weighted by atomic mass is 10.1. The van der Waals surface area contributed by atoms with E-state index in [1.165, 1.54) is 6.26 Å². The van der Waals surface area contributed by atoms with Gasteiger partial charge in [0, 0.05) is 6.61 Å². The van der Waals surface area contributed by atoms with E-state index in [0.29, 0.717) is 0 Å². The van der Waals surface area contributed by atoms with Crippen LogP contribution >= 0.6 is 0 Å². The molecular weight excluding hydrogens is 268 g/mol. The fraction of sp³-hybridized carbons (Fsp3) is 0.235. The summed E-state index contributed by atoms with van der Waals surface area (Å²) in [5, 5.41) is 20.3. The average Bonchev–Trinajstić information content (AvgIpc) is 2.49. The Morgan fingerprint density at radius 3 is 2.57 bits per heavy atom. The number of unbranched alkanes of at least 4 members (excludes halogenated alkanes) is 2. The maximum atomic E-state index is 11.9. The number of aromatic hydroxyl groups is 1. The number of phenols is 1. The molecule has 0 aliphatic heterocycles. The summed E-state index contributed by atoms with van der Waals surface area (Å²) < 4.78 is 5.00. The van der Waals surface area contributed by atoms with E-state index in [4.69, 9.17) is 9.84 Å². The highest BCUT2D eigenvalue weighted by Gasteiger charge is 2.12. The summed E-state index contributed by atoms with van der Waals surface area (Å²) in [5.74, 6) is -0.677. The highest BCUT2D eigenvalue weighted by molar-refractivity contribution is 5.98. The van der Waals surface area contributed by atoms with Gasteiger partial charge in [-0.15, -0.1) is 0 Å². The molecular formula is C17H18O4. The number of carbonyl (C=O) groups is 1. The molecule has 0 radical (unpaired) electrons. The molecule has 0 saturated heterocycles. The second-order valence-corrected chi connectivity index (χ2v) is 4.71. The smallest absolute Gasteiger partial charge is 0.346 e. The van der Waals surface area contributed by atoms with Crippen molar-refractivity contribution in [2.75, 3.05) is 6.61 Å². The fourth-order valence-corrected chi connectivity index (χ4v) is 2.01. The van der Waals surface area contributed by atoms with Gasteiger partial charge in [0.05, 0.1) is 6.26 Å². The number of fused-ring (bicyclic) bond motifs is 1. The number of phenolic OH excluding ortho intramolecular Hbond substituents is 1. The van der Waals surface area contributed by atoms with E-state index >= 15 is 0 Å². The van der Waals surface area contributed by atoms with Crippen LogP contribution in [0, 0.1) is 0 Å². The zero-order valence-electron chi connectivity index (χ0n) is 11.7. The van der Waals surface area contributed by atoms with Gasteiger partial charge in [-0.05, 0) is 48.2 Å². The molecule has 21 heavy (non-hydrogen) atoms. The predicted octanol–water partition coefficient (Wildman–Crippen LogP) is 3.38. The molecule has 0 fully saturated rings. The zero-order valence-corrected chi connectivity index (χ0v) is 11.7. The lowest BCUT2D eigenvalue weighted by Crippen LogP contribution is -2.01. The summed E-state index contributed by atoms with van der Waals surface area (Å²) >= 11 is 0. The lowest BCUT2D eigenvalue weighted by molar-refractivity contribution is 0.0659. The molecule has 2 aromatic rings. The van der Waals surface area contributed by atoms with Gasteiger partial charge in [0.2, 0.25) is 0 Å². The largest absolute Gasteiger partial charge is 0.507 e. The van der Waals surface area contributed by atoms with Gasteiger partial charge in [0.1, 0.15) is 11.3 Å². The van der Waals surface area contributed by atoms with Crippen molar-refractivity contribution in [1.82, 2.24) is 0 Å². The number of hydrogen-bond acceptors (Lipinski definition) is 4. The lowest BCUT2D eigenvalue weighted by Gasteiger charge is -2.05. The topological polar surface area (TPSA) is 66.8 Å². The molecule has 0 bridgehead atoms. The minimum Gasteiger partial charge on any atom is -0.507 e. The molecule has 2 rings (SSSR count). The minimum absolute atomic E-state index is 0.0904. The number of ether oxygens (including phenoxy) is 1. The molecule has 2 aromatic carbocycles. The Labute approximate surface area is 123 Å². The first-order valence-electron chi connectivity index (χ1n) is 6.91. The molecule has 0 aromatic heterocycles. The van der Waals surface area contributed by atoms with Crippen LogP contribution in [0.5, 0.6) is 5.75 Å². The number of allylic oxidation sites excluding steroid dienone is 1. The number of hydrogen-bond donors (Lipinski definition) is 2. The van der Waals surface area contributed by atoms with E-state index in [2.05, 4.69) is 0 Å². The summed E-state index contributed by atoms with van der Waals surface area (Å²) in [5.41, 5.74) is 0.147. The summed E-state index contributed by atoms with van der Waals surface area (Å²) in [6.45, 7) is 0.165. The highest BCUT2D eigenvalue weighted by Crippen LogP contribution is 2.25. The molecule has 0 amide bonds. The Morgan fingerprint density at radius 1 is 1.14 bits per heavy atom. The number of rotatable bonds is 6. The van der Waals surface area contributed by atoms with Gasteiger partial charge >= 0.3 is 5.97 Å². The van der Waals surface area contributed by atoms with Crippen molar-refractivity contribution in [2.45, 2.75) is 19.3 Å². The molecule has 0 aliphatic carbocycles. The van der Waals surface area contributed by atoms with E-state index in [1.54, 1.807) is 18.2 Å². The first-order valence-corrected chi connectivity index (χ1v) is 6.91. The maximum Gasteiger partial charge on any atom is 0.346 e. The van der Waals surface area contributed by atoms with E-state index < -0.39 is 5.97 Å². The van der Waals surface area contributed by atoms with Crippen molar-refractivity contribution >= 4 is 16.7 Å². The molecule has 0 aliphatic rings. The number of aliphatic hydroxyl groups is 1. The monoisotopic (exact) mass is 286 g/mol. The Morgan fingerprint density at radius 2 is 1.86 bits per heavy atom. The Bertz CT molecular complexity index is 646. The van der Waals surface area contributed by atoms with Crippen molar-refractivity contribution in [3.63, 3.8) is 0 Å². The van der Waals surface area contributed by atoms with Crippen LogP contribution in [-0.2, 0) is 4.74 Å².